The fourth-order valence-corrected chi connectivity index (χ4v) is 2.70. The van der Waals surface area contributed by atoms with Gasteiger partial charge in [-0.2, -0.15) is 0 Å². The Morgan fingerprint density at radius 3 is 2.45 bits per heavy atom. The molecule has 0 N–H and O–H groups in total. The predicted octanol–water partition coefficient (Wildman–Crippen LogP) is 1.77. The first-order valence-corrected chi connectivity index (χ1v) is 7.95. The van der Waals surface area contributed by atoms with Crippen LogP contribution in [0.5, 0.6) is 5.75 Å². The van der Waals surface area contributed by atoms with Gasteiger partial charge in [0.05, 0.1) is 9.82 Å². The molecule has 0 radical (unpaired) electrons. The number of ether oxygens (including phenoxy) is 1. The molecule has 7 nitrogen and oxygen atoms in total. The summed E-state index contributed by atoms with van der Waals surface area (Å²) < 4.78 is 28.0. The normalized spacial score (nSPS) is 11.7. The van der Waals surface area contributed by atoms with Crippen molar-refractivity contribution in [3.63, 3.8) is 0 Å². The zero-order valence-corrected chi connectivity index (χ0v) is 12.9. The van der Waals surface area contributed by atoms with E-state index in [4.69, 9.17) is 15.4 Å². The number of hydrogen-bond acceptors (Lipinski definition) is 6. The summed E-state index contributed by atoms with van der Waals surface area (Å²) in [5, 5.41) is 11.0. The lowest BCUT2D eigenvalue weighted by atomic mass is 10.2. The predicted molar refractivity (Wildman–Crippen MR) is 74.9 cm³/mol. The number of likely N-dealkylation sites (N-methyl/N-ethyl adjacent to an activating group) is 1. The monoisotopic (exact) mass is 322 g/mol. The summed E-state index contributed by atoms with van der Waals surface area (Å²) in [5.74, 6) is 0.0263. The topological polar surface area (TPSA) is 89.8 Å². The van der Waals surface area contributed by atoms with Crippen molar-refractivity contribution in [2.75, 3.05) is 27.2 Å². The standard InChI is InChI=1S/C11H15ClN2O5S/c1-8-6-10(19-5-4-13(2)3)9(14(15)16)7-11(8)20(12,17)18/h6-7H,4-5H2,1-3H3. The van der Waals surface area contributed by atoms with Crippen molar-refractivity contribution in [2.45, 2.75) is 11.8 Å². The molecule has 0 aliphatic carbocycles. The summed E-state index contributed by atoms with van der Waals surface area (Å²) in [6.07, 6.45) is 0. The second-order valence-electron chi connectivity index (χ2n) is 4.43. The number of rotatable bonds is 6. The molecule has 0 heterocycles. The molecule has 0 fully saturated rings. The lowest BCUT2D eigenvalue weighted by Crippen LogP contribution is -2.19. The Morgan fingerprint density at radius 1 is 1.40 bits per heavy atom. The van der Waals surface area contributed by atoms with Gasteiger partial charge in [-0.3, -0.25) is 10.1 Å². The van der Waals surface area contributed by atoms with Crippen molar-refractivity contribution in [3.8, 4) is 5.75 Å². The minimum absolute atomic E-state index is 0.0263. The average Bonchev–Trinajstić information content (AvgIpc) is 2.26. The third-order valence-corrected chi connectivity index (χ3v) is 3.98. The summed E-state index contributed by atoms with van der Waals surface area (Å²) in [7, 11) is 4.88. The molecular weight excluding hydrogens is 308 g/mol. The molecule has 112 valence electrons. The smallest absolute Gasteiger partial charge is 0.312 e. The van der Waals surface area contributed by atoms with Crippen LogP contribution in [0, 0.1) is 17.0 Å². The van der Waals surface area contributed by atoms with E-state index in [-0.39, 0.29) is 17.3 Å². The van der Waals surface area contributed by atoms with Crippen LogP contribution in [0.3, 0.4) is 0 Å². The molecule has 0 spiro atoms. The van der Waals surface area contributed by atoms with E-state index < -0.39 is 19.7 Å². The van der Waals surface area contributed by atoms with E-state index in [2.05, 4.69) is 0 Å². The molecule has 1 aromatic rings. The number of nitro groups is 1. The highest BCUT2D eigenvalue weighted by atomic mass is 35.7. The molecule has 9 heteroatoms. The highest BCUT2D eigenvalue weighted by Crippen LogP contribution is 2.33. The number of halogens is 1. The van der Waals surface area contributed by atoms with Gasteiger partial charge in [-0.25, -0.2) is 8.42 Å². The first-order valence-electron chi connectivity index (χ1n) is 5.64. The minimum Gasteiger partial charge on any atom is -0.485 e. The largest absolute Gasteiger partial charge is 0.485 e. The molecule has 0 aliphatic rings. The van der Waals surface area contributed by atoms with Crippen LogP contribution >= 0.6 is 10.7 Å². The van der Waals surface area contributed by atoms with Crippen LogP contribution in [0.1, 0.15) is 5.56 Å². The third-order valence-electron chi connectivity index (χ3n) is 2.51. The molecule has 0 aliphatic heterocycles. The van der Waals surface area contributed by atoms with Gasteiger partial charge < -0.3 is 9.64 Å². The molecule has 1 rings (SSSR count). The molecule has 0 atom stereocenters. The Bertz CT molecular complexity index is 615. The van der Waals surface area contributed by atoms with Crippen molar-refractivity contribution in [1.29, 1.82) is 0 Å². The highest BCUT2D eigenvalue weighted by Gasteiger charge is 2.23. The SMILES string of the molecule is Cc1cc(OCCN(C)C)c([N+](=O)[O-])cc1S(=O)(=O)Cl. The van der Waals surface area contributed by atoms with Gasteiger partial charge in [0.15, 0.2) is 5.75 Å². The van der Waals surface area contributed by atoms with Gasteiger partial charge in [0.25, 0.3) is 9.05 Å². The van der Waals surface area contributed by atoms with Gasteiger partial charge in [-0.1, -0.05) is 0 Å². The Kier molecular flexibility index (Phi) is 5.32. The van der Waals surface area contributed by atoms with E-state index in [0.29, 0.717) is 12.1 Å². The molecule has 0 saturated heterocycles. The summed E-state index contributed by atoms with van der Waals surface area (Å²) >= 11 is 0. The molecule has 0 bridgehead atoms. The Balaban J connectivity index is 3.19. The minimum atomic E-state index is -4.04. The van der Waals surface area contributed by atoms with Crippen molar-refractivity contribution in [3.05, 3.63) is 27.8 Å². The molecule has 0 saturated carbocycles. The number of benzene rings is 1. The maximum atomic E-state index is 11.3. The highest BCUT2D eigenvalue weighted by molar-refractivity contribution is 8.13. The Morgan fingerprint density at radius 2 is 2.00 bits per heavy atom. The lowest BCUT2D eigenvalue weighted by Gasteiger charge is -2.12. The van der Waals surface area contributed by atoms with E-state index in [1.165, 1.54) is 13.0 Å². The maximum Gasteiger partial charge on any atom is 0.312 e. The second-order valence-corrected chi connectivity index (χ2v) is 6.97. The first-order chi connectivity index (χ1) is 9.12. The number of hydrogen-bond donors (Lipinski definition) is 0. The summed E-state index contributed by atoms with van der Waals surface area (Å²) in [5.41, 5.74) is -0.126. The quantitative estimate of drug-likeness (QED) is 0.450. The lowest BCUT2D eigenvalue weighted by molar-refractivity contribution is -0.386. The summed E-state index contributed by atoms with van der Waals surface area (Å²) in [4.78, 5) is 11.9. The summed E-state index contributed by atoms with van der Waals surface area (Å²) in [6, 6.07) is 2.23. The number of nitrogens with zero attached hydrogens (tertiary/aromatic N) is 2. The molecular formula is C11H15ClN2O5S. The molecule has 0 amide bonds. The third kappa shape index (κ3) is 4.32. The molecule has 1 aromatic carbocycles. The zero-order chi connectivity index (χ0) is 15.5. The molecule has 0 unspecified atom stereocenters. The van der Waals surface area contributed by atoms with Gasteiger partial charge in [-0.05, 0) is 32.6 Å². The van der Waals surface area contributed by atoms with Gasteiger partial charge in [0.2, 0.25) is 0 Å². The van der Waals surface area contributed by atoms with Crippen molar-refractivity contribution in [1.82, 2.24) is 4.90 Å². The van der Waals surface area contributed by atoms with Crippen LogP contribution in [0.15, 0.2) is 17.0 Å². The van der Waals surface area contributed by atoms with Crippen LogP contribution in [-0.4, -0.2) is 45.5 Å². The van der Waals surface area contributed by atoms with Crippen LogP contribution in [-0.2, 0) is 9.05 Å². The van der Waals surface area contributed by atoms with E-state index in [0.717, 1.165) is 6.07 Å². The van der Waals surface area contributed by atoms with Crippen molar-refractivity contribution >= 4 is 25.4 Å². The van der Waals surface area contributed by atoms with Gasteiger partial charge in [0, 0.05) is 23.3 Å². The fourth-order valence-electron chi connectivity index (χ4n) is 1.51. The van der Waals surface area contributed by atoms with Crippen LogP contribution in [0.2, 0.25) is 0 Å². The van der Waals surface area contributed by atoms with E-state index in [9.17, 15) is 18.5 Å². The molecule has 0 aromatic heterocycles. The zero-order valence-electron chi connectivity index (χ0n) is 11.3. The Labute approximate surface area is 121 Å². The van der Waals surface area contributed by atoms with Gasteiger partial charge in [-0.15, -0.1) is 0 Å². The fraction of sp³-hybridized carbons (Fsp3) is 0.455. The van der Waals surface area contributed by atoms with E-state index >= 15 is 0 Å². The molecule has 20 heavy (non-hydrogen) atoms. The van der Waals surface area contributed by atoms with Crippen molar-refractivity contribution in [2.24, 2.45) is 0 Å². The second kappa shape index (κ2) is 6.38. The first kappa shape index (κ1) is 16.7. The van der Waals surface area contributed by atoms with Crippen LogP contribution in [0.25, 0.3) is 0 Å². The van der Waals surface area contributed by atoms with Crippen LogP contribution < -0.4 is 4.74 Å². The van der Waals surface area contributed by atoms with E-state index in [1.54, 1.807) is 0 Å². The number of nitro benzene ring substituents is 1. The van der Waals surface area contributed by atoms with Crippen LogP contribution in [0.4, 0.5) is 5.69 Å². The average molecular weight is 323 g/mol. The van der Waals surface area contributed by atoms with Gasteiger partial charge >= 0.3 is 5.69 Å². The van der Waals surface area contributed by atoms with Gasteiger partial charge in [0.1, 0.15) is 6.61 Å². The maximum absolute atomic E-state index is 11.3. The number of aryl methyl sites for hydroxylation is 1. The van der Waals surface area contributed by atoms with E-state index in [1.807, 2.05) is 19.0 Å². The summed E-state index contributed by atoms with van der Waals surface area (Å²) in [6.45, 7) is 2.32. The Hall–Kier alpha value is -1.38. The van der Waals surface area contributed by atoms with Crippen molar-refractivity contribution < 1.29 is 18.1 Å².